The third-order valence-electron chi connectivity index (χ3n) is 9.64. The van der Waals surface area contributed by atoms with Crippen LogP contribution in [0, 0.1) is 17.8 Å². The van der Waals surface area contributed by atoms with Crippen LogP contribution in [0.25, 0.3) is 0 Å². The standard InChI is InChI=1S/C18H27NO3.C17H27NO3.C16H21NO3/c1-14(2)8-6-4-5-7-9-18(21)19-13-15-10-11-16(20)17(12-15)22-3;1-3-4-5-6-7-8-9-17(20)18-13-14-10-11-15(19)16(12-14)21-2;1-3-4-5-6-7-8-16(19)17-12-13-9-10-14(18)15(11-13)20-2/h6,8,10-12,14,20H,4-5,7,9,13H2,1-3H3,(H,19,21);10-12,19H,3-9,13H2,1-2H3,(H,18,20);9-11,18H,5-8,12H2,1-2H3,(H,17,19)/b8-6+;;. The quantitative estimate of drug-likeness (QED) is 0.0260. The van der Waals surface area contributed by atoms with Crippen molar-refractivity contribution in [3.63, 3.8) is 0 Å². The molecule has 0 aliphatic rings. The first-order chi connectivity index (χ1) is 30.4. The summed E-state index contributed by atoms with van der Waals surface area (Å²) in [7, 11) is 4.51. The molecule has 0 fully saturated rings. The van der Waals surface area contributed by atoms with Crippen molar-refractivity contribution >= 4 is 17.7 Å². The lowest BCUT2D eigenvalue weighted by molar-refractivity contribution is -0.122. The number of ether oxygens (including phenoxy) is 3. The second kappa shape index (κ2) is 34.7. The SMILES string of the molecule is CC#CCCCCC(=O)NCc1ccc(O)c(OC)c1.CCCCCCCCC(=O)NCc1ccc(O)c(OC)c1.COc1cc(CNC(=O)CCCC/C=C/C(C)C)ccc1O. The molecule has 0 heterocycles. The number of methoxy groups -OCH3 is 3. The van der Waals surface area contributed by atoms with Crippen LogP contribution in [0.2, 0.25) is 0 Å². The maximum absolute atomic E-state index is 11.8. The van der Waals surface area contributed by atoms with E-state index >= 15 is 0 Å². The lowest BCUT2D eigenvalue weighted by atomic mass is 10.1. The number of amides is 3. The molecule has 3 amide bonds. The number of hydrogen-bond acceptors (Lipinski definition) is 9. The molecule has 348 valence electrons. The number of carbonyl (C=O) groups is 3. The van der Waals surface area contributed by atoms with Gasteiger partial charge in [-0.1, -0.05) is 83.2 Å². The third-order valence-corrected chi connectivity index (χ3v) is 9.64. The lowest BCUT2D eigenvalue weighted by Gasteiger charge is -2.08. The molecule has 12 nitrogen and oxygen atoms in total. The largest absolute Gasteiger partial charge is 0.504 e. The highest BCUT2D eigenvalue weighted by Gasteiger charge is 2.08. The van der Waals surface area contributed by atoms with Crippen LogP contribution >= 0.6 is 0 Å². The fourth-order valence-corrected chi connectivity index (χ4v) is 5.97. The molecular weight excluding hydrogens is 799 g/mol. The Morgan fingerprint density at radius 1 is 0.587 bits per heavy atom. The summed E-state index contributed by atoms with van der Waals surface area (Å²) in [6.45, 7) is 9.67. The molecule has 0 bridgehead atoms. The number of phenolic OH excluding ortho intramolecular Hbond substituents is 3. The Hall–Kier alpha value is -5.83. The fourth-order valence-electron chi connectivity index (χ4n) is 5.97. The van der Waals surface area contributed by atoms with E-state index in [1.807, 2.05) is 6.92 Å². The van der Waals surface area contributed by atoms with Crippen molar-refractivity contribution in [2.24, 2.45) is 5.92 Å². The Labute approximate surface area is 377 Å². The van der Waals surface area contributed by atoms with Crippen LogP contribution in [0.1, 0.15) is 141 Å². The van der Waals surface area contributed by atoms with Gasteiger partial charge in [0.1, 0.15) is 0 Å². The molecule has 0 aromatic heterocycles. The van der Waals surface area contributed by atoms with E-state index in [1.165, 1.54) is 47.0 Å². The van der Waals surface area contributed by atoms with Crippen LogP contribution in [0.5, 0.6) is 34.5 Å². The Bertz CT molecular complexity index is 1850. The molecule has 0 radical (unpaired) electrons. The van der Waals surface area contributed by atoms with Crippen molar-refractivity contribution in [2.75, 3.05) is 21.3 Å². The van der Waals surface area contributed by atoms with Crippen molar-refractivity contribution in [3.8, 4) is 46.3 Å². The molecule has 0 aliphatic carbocycles. The number of hydrogen-bond donors (Lipinski definition) is 6. The summed E-state index contributed by atoms with van der Waals surface area (Å²) >= 11 is 0. The molecule has 0 atom stereocenters. The fraction of sp³-hybridized carbons (Fsp3) is 0.510. The molecule has 12 heteroatoms. The first-order valence-electron chi connectivity index (χ1n) is 22.3. The van der Waals surface area contributed by atoms with Crippen LogP contribution in [-0.2, 0) is 34.0 Å². The van der Waals surface area contributed by atoms with Crippen LogP contribution in [0.4, 0.5) is 0 Å². The molecule has 0 saturated carbocycles. The number of phenols is 3. The van der Waals surface area contributed by atoms with E-state index in [0.29, 0.717) is 62.1 Å². The zero-order valence-corrected chi connectivity index (χ0v) is 38.9. The summed E-state index contributed by atoms with van der Waals surface area (Å²) in [5, 5.41) is 37.1. The highest BCUT2D eigenvalue weighted by molar-refractivity contribution is 5.76. The van der Waals surface area contributed by atoms with Gasteiger partial charge in [-0.05, 0) is 104 Å². The average molecular weight is 874 g/mol. The van der Waals surface area contributed by atoms with E-state index in [-0.39, 0.29) is 35.0 Å². The minimum absolute atomic E-state index is 0.0292. The van der Waals surface area contributed by atoms with Crippen molar-refractivity contribution in [1.29, 1.82) is 0 Å². The number of nitrogens with one attached hydrogen (secondary N) is 3. The van der Waals surface area contributed by atoms with Gasteiger partial charge in [0.2, 0.25) is 17.7 Å². The highest BCUT2D eigenvalue weighted by Crippen LogP contribution is 2.28. The predicted molar refractivity (Wildman–Crippen MR) is 252 cm³/mol. The summed E-state index contributed by atoms with van der Waals surface area (Å²) in [6, 6.07) is 15.2. The molecule has 63 heavy (non-hydrogen) atoms. The molecule has 0 spiro atoms. The van der Waals surface area contributed by atoms with E-state index in [2.05, 4.69) is 60.7 Å². The number of aromatic hydroxyl groups is 3. The van der Waals surface area contributed by atoms with E-state index in [4.69, 9.17) is 14.2 Å². The van der Waals surface area contributed by atoms with E-state index in [1.54, 1.807) is 54.6 Å². The van der Waals surface area contributed by atoms with Gasteiger partial charge in [-0.15, -0.1) is 11.8 Å². The molecule has 0 aliphatic heterocycles. The molecule has 3 rings (SSSR count). The second-order valence-corrected chi connectivity index (χ2v) is 15.4. The summed E-state index contributed by atoms with van der Waals surface area (Å²) in [6.07, 6.45) is 18.7. The van der Waals surface area contributed by atoms with Crippen LogP contribution in [0.15, 0.2) is 66.7 Å². The van der Waals surface area contributed by atoms with Gasteiger partial charge in [0.25, 0.3) is 0 Å². The molecular formula is C51H75N3O9. The minimum atomic E-state index is 0.0292. The van der Waals surface area contributed by atoms with Gasteiger partial charge in [0.15, 0.2) is 34.5 Å². The first-order valence-corrected chi connectivity index (χ1v) is 22.3. The maximum atomic E-state index is 11.8. The van der Waals surface area contributed by atoms with Gasteiger partial charge in [0.05, 0.1) is 21.3 Å². The van der Waals surface area contributed by atoms with Gasteiger partial charge in [-0.2, -0.15) is 0 Å². The van der Waals surface area contributed by atoms with Gasteiger partial charge >= 0.3 is 0 Å². The number of unbranched alkanes of at least 4 members (excludes halogenated alkanes) is 9. The van der Waals surface area contributed by atoms with Gasteiger partial charge in [-0.25, -0.2) is 0 Å². The summed E-state index contributed by atoms with van der Waals surface area (Å²) in [4.78, 5) is 35.1. The highest BCUT2D eigenvalue weighted by atomic mass is 16.5. The van der Waals surface area contributed by atoms with Crippen LogP contribution < -0.4 is 30.2 Å². The first kappa shape index (κ1) is 55.2. The maximum Gasteiger partial charge on any atom is 0.220 e. The van der Waals surface area contributed by atoms with Crippen molar-refractivity contribution in [3.05, 3.63) is 83.4 Å². The zero-order chi connectivity index (χ0) is 46.7. The predicted octanol–water partition coefficient (Wildman–Crippen LogP) is 10.2. The number of carbonyl (C=O) groups excluding carboxylic acids is 3. The second-order valence-electron chi connectivity index (χ2n) is 15.4. The minimum Gasteiger partial charge on any atom is -0.504 e. The van der Waals surface area contributed by atoms with Crippen LogP contribution in [0.3, 0.4) is 0 Å². The molecule has 3 aromatic rings. The number of allylic oxidation sites excluding steroid dienone is 2. The summed E-state index contributed by atoms with van der Waals surface area (Å²) < 4.78 is 15.1. The van der Waals surface area contributed by atoms with E-state index in [0.717, 1.165) is 68.1 Å². The Morgan fingerprint density at radius 2 is 0.968 bits per heavy atom. The summed E-state index contributed by atoms with van der Waals surface area (Å²) in [5.74, 6) is 8.14. The number of benzene rings is 3. The smallest absolute Gasteiger partial charge is 0.220 e. The Balaban J connectivity index is 0.000000473. The normalized spacial score (nSPS) is 10.3. The topological polar surface area (TPSA) is 176 Å². The monoisotopic (exact) mass is 874 g/mol. The Morgan fingerprint density at radius 3 is 1.35 bits per heavy atom. The molecule has 3 aromatic carbocycles. The molecule has 0 saturated heterocycles. The van der Waals surface area contributed by atoms with Gasteiger partial charge in [-0.3, -0.25) is 14.4 Å². The van der Waals surface area contributed by atoms with E-state index in [9.17, 15) is 29.7 Å². The lowest BCUT2D eigenvalue weighted by Crippen LogP contribution is -2.22. The molecule has 0 unspecified atom stereocenters. The zero-order valence-electron chi connectivity index (χ0n) is 38.9. The third kappa shape index (κ3) is 27.0. The summed E-state index contributed by atoms with van der Waals surface area (Å²) in [5.41, 5.74) is 2.72. The van der Waals surface area contributed by atoms with Gasteiger partial charge < -0.3 is 45.5 Å². The average Bonchev–Trinajstić information content (AvgIpc) is 3.28. The van der Waals surface area contributed by atoms with Crippen molar-refractivity contribution in [2.45, 2.75) is 144 Å². The van der Waals surface area contributed by atoms with Crippen LogP contribution in [-0.4, -0.2) is 54.4 Å². The van der Waals surface area contributed by atoms with Crippen molar-refractivity contribution in [1.82, 2.24) is 16.0 Å². The van der Waals surface area contributed by atoms with Gasteiger partial charge in [0, 0.05) is 45.3 Å². The number of rotatable bonds is 26. The molecule has 6 N–H and O–H groups in total. The van der Waals surface area contributed by atoms with Crippen molar-refractivity contribution < 1.29 is 43.9 Å². The van der Waals surface area contributed by atoms with E-state index < -0.39 is 0 Å². The Kier molecular flexibility index (Phi) is 30.4.